The number of phenolic OH excluding ortho intramolecular Hbond substituents is 1. The van der Waals surface area contributed by atoms with Gasteiger partial charge in [0.2, 0.25) is 0 Å². The van der Waals surface area contributed by atoms with Crippen LogP contribution in [0.15, 0.2) is 307 Å². The molecule has 18 nitrogen and oxygen atoms in total. The summed E-state index contributed by atoms with van der Waals surface area (Å²) in [5.41, 5.74) is 12.7. The number of hydrogen-bond acceptors (Lipinski definition) is 16. The first kappa shape index (κ1) is 97.7. The monoisotopic (exact) mass is 1740 g/mol. The van der Waals surface area contributed by atoms with Gasteiger partial charge in [0.1, 0.15) is 105 Å². The number of alkyl halides is 1. The predicted molar refractivity (Wildman–Crippen MR) is 450 cm³/mol. The van der Waals surface area contributed by atoms with Gasteiger partial charge in [-0.3, -0.25) is 13.9 Å². The van der Waals surface area contributed by atoms with E-state index in [-0.39, 0.29) is 140 Å². The summed E-state index contributed by atoms with van der Waals surface area (Å²) in [5, 5.41) is 18.2. The molecule has 0 amide bonds. The quantitative estimate of drug-likeness (QED) is 0.00846. The number of carbonyl (C=O) groups is 1. The molecule has 3 atom stereocenters. The van der Waals surface area contributed by atoms with Gasteiger partial charge in [0.05, 0.1) is 9.79 Å². The maximum Gasteiger partial charge on any atom is 1.00 e. The number of halogens is 1. The minimum Gasteiger partial charge on any atom is -1.00 e. The van der Waals surface area contributed by atoms with E-state index >= 15 is 0 Å². The summed E-state index contributed by atoms with van der Waals surface area (Å²) in [5.74, 6) is 7.66. The van der Waals surface area contributed by atoms with E-state index in [1.165, 1.54) is 41.0 Å². The Morgan fingerprint density at radius 2 is 0.538 bits per heavy atom. The SMILES string of the molecule is BrCc1cc(OCc2ccccc2)cc(OCc2ccccc2)c1.CCC(C)c1ccc(O)cc1.CCC(C)c1ccc(OCc2cc(OCc3ccc(S(=O)(=O)O)cc3)cc(OCc3ccc(S(=O)(=O)O)cc3)c2)cc1.CCC(C)c1ccc(OCc2cc(OCc3ccccc3)cc(OCc3ccccc3)c2)cc1.O=CO[O-].[H-].[K+].[K+]. The minimum atomic E-state index is -4.29. The fourth-order valence-corrected chi connectivity index (χ4v) is 12.4. The largest absolute Gasteiger partial charge is 1.00 e. The van der Waals surface area contributed by atoms with Gasteiger partial charge >= 0.3 is 103 Å². The second kappa shape index (κ2) is 52.7. The molecular weight excluding hydrogens is 1640 g/mol. The third kappa shape index (κ3) is 36.1. The van der Waals surface area contributed by atoms with Crippen LogP contribution in [0.3, 0.4) is 0 Å². The Kier molecular flexibility index (Phi) is 44.0. The first-order valence-corrected chi connectivity index (χ1v) is 41.6. The predicted octanol–water partition coefficient (Wildman–Crippen LogP) is 15.6. The average molecular weight is 1740 g/mol. The first-order valence-electron chi connectivity index (χ1n) is 37.6. The van der Waals surface area contributed by atoms with Crippen LogP contribution in [-0.4, -0.2) is 37.5 Å². The van der Waals surface area contributed by atoms with Gasteiger partial charge in [0, 0.05) is 23.5 Å². The summed E-state index contributed by atoms with van der Waals surface area (Å²) in [4.78, 5) is 10.8. The summed E-state index contributed by atoms with van der Waals surface area (Å²) in [7, 11) is -8.58. The standard InChI is InChI=1S/C31H32O9S2.C31H32O3.C21H19BrO2.C10H14O.CH2O3.2K.H/c1-3-22(2)26-8-10-27(11-9-26)38-21-25-16-28(39-19-23-4-12-30(13-5-23)41(32,33)34)18-29(17-25)40-20-24-6-14-31(15-7-24)42(35,36)37;1-3-24(2)28-14-16-29(17-15-28)32-23-27-18-30(33-21-25-10-6-4-7-11-25)20-31(19-27)34-22-26-12-8-5-9-13-26;22-14-19-11-20(23-15-17-7-3-1-4-8-17)13-21(12-19)24-16-18-9-5-2-6-10-18;1-3-8(2)9-4-6-10(11)7-5-9;2-1-4-3;;;/h4-18,22H,3,19-21H2,1-2H3,(H,32,33,34)(H,35,36,37);4-20,24H,3,21-23H2,1-2H3;1-13H,14-16H2;4-8,11H,3H2,1-2H3;1,3H;;;/q;;;;;2*+1;-1/p-1. The molecule has 12 rings (SSSR count). The zero-order chi connectivity index (χ0) is 82.2. The van der Waals surface area contributed by atoms with E-state index in [9.17, 15) is 25.9 Å². The number of phenols is 1. The van der Waals surface area contributed by atoms with Crippen molar-refractivity contribution in [3.8, 4) is 51.7 Å². The van der Waals surface area contributed by atoms with Crippen molar-refractivity contribution in [1.29, 1.82) is 0 Å². The minimum absolute atomic E-state index is 0. The van der Waals surface area contributed by atoms with Crippen LogP contribution in [0.25, 0.3) is 0 Å². The molecule has 12 aromatic carbocycles. The van der Waals surface area contributed by atoms with Crippen molar-refractivity contribution in [2.75, 3.05) is 0 Å². The Morgan fingerprint density at radius 3 is 0.761 bits per heavy atom. The summed E-state index contributed by atoms with van der Waals surface area (Å²) in [6.07, 6.45) is 3.32. The topological polar surface area (TPSA) is 252 Å². The van der Waals surface area contributed by atoms with Crippen molar-refractivity contribution in [2.24, 2.45) is 0 Å². The molecule has 0 bridgehead atoms. The molecule has 12 aromatic rings. The van der Waals surface area contributed by atoms with Gasteiger partial charge in [0.25, 0.3) is 26.7 Å². The molecule has 0 aliphatic carbocycles. The van der Waals surface area contributed by atoms with Gasteiger partial charge < -0.3 is 54.6 Å². The van der Waals surface area contributed by atoms with Crippen molar-refractivity contribution < 1.29 is 188 Å². The molecule has 0 fully saturated rings. The maximum absolute atomic E-state index is 11.3. The molecule has 0 aromatic heterocycles. The van der Waals surface area contributed by atoms with E-state index < -0.39 is 20.2 Å². The molecular formula is C94H99BrK2O18S2. The Bertz CT molecular complexity index is 4850. The van der Waals surface area contributed by atoms with E-state index in [2.05, 4.69) is 135 Å². The molecule has 3 N–H and O–H groups in total. The Labute approximate surface area is 783 Å². The normalized spacial score (nSPS) is 11.4. The number of rotatable bonds is 34. The van der Waals surface area contributed by atoms with Crippen molar-refractivity contribution in [1.82, 2.24) is 0 Å². The smallest absolute Gasteiger partial charge is 1.00 e. The third-order valence-corrected chi connectivity index (χ3v) is 20.7. The van der Waals surface area contributed by atoms with Gasteiger partial charge in [-0.25, -0.2) is 0 Å². The van der Waals surface area contributed by atoms with Crippen LogP contribution in [0, 0.1) is 0 Å². The molecule has 604 valence electrons. The van der Waals surface area contributed by atoms with Crippen LogP contribution in [0.4, 0.5) is 0 Å². The third-order valence-electron chi connectivity index (χ3n) is 18.3. The van der Waals surface area contributed by atoms with Gasteiger partial charge in [0.15, 0.2) is 0 Å². The molecule has 23 heteroatoms. The number of aromatic hydroxyl groups is 1. The van der Waals surface area contributed by atoms with E-state index in [0.717, 1.165) is 92.3 Å². The van der Waals surface area contributed by atoms with Crippen LogP contribution in [-0.2, 0) is 88.1 Å². The fourth-order valence-electron chi connectivity index (χ4n) is 11.1. The van der Waals surface area contributed by atoms with Crippen LogP contribution < -0.4 is 146 Å². The zero-order valence-electron chi connectivity index (χ0n) is 68.2. The number of hydrogen-bond donors (Lipinski definition) is 3. The Balaban J connectivity index is 0.000000292. The number of carbonyl (C=O) groups excluding carboxylic acids is 1. The average Bonchev–Trinajstić information content (AvgIpc) is 0.849. The molecule has 0 spiro atoms. The number of ether oxygens (including phenoxy) is 8. The van der Waals surface area contributed by atoms with E-state index in [4.69, 9.17) is 53.1 Å². The van der Waals surface area contributed by atoms with Gasteiger partial charge in [-0.2, -0.15) is 16.8 Å². The molecule has 3 unspecified atom stereocenters. The molecule has 0 saturated carbocycles. The summed E-state index contributed by atoms with van der Waals surface area (Å²) in [6.45, 7) is 16.0. The van der Waals surface area contributed by atoms with Gasteiger partial charge in [-0.15, -0.1) is 0 Å². The molecule has 0 radical (unpaired) electrons. The molecule has 117 heavy (non-hydrogen) atoms. The van der Waals surface area contributed by atoms with Gasteiger partial charge in [-0.05, 0) is 201 Å². The van der Waals surface area contributed by atoms with Crippen molar-refractivity contribution in [3.63, 3.8) is 0 Å². The van der Waals surface area contributed by atoms with Crippen molar-refractivity contribution in [2.45, 2.75) is 147 Å². The second-order valence-electron chi connectivity index (χ2n) is 26.9. The van der Waals surface area contributed by atoms with E-state index in [1.807, 2.05) is 158 Å². The molecule has 0 saturated heterocycles. The van der Waals surface area contributed by atoms with Gasteiger partial charge in [-0.1, -0.05) is 239 Å². The van der Waals surface area contributed by atoms with Crippen molar-refractivity contribution >= 4 is 42.6 Å². The summed E-state index contributed by atoms with van der Waals surface area (Å²) >= 11 is 3.51. The van der Waals surface area contributed by atoms with E-state index in [0.29, 0.717) is 84.9 Å². The van der Waals surface area contributed by atoms with Crippen LogP contribution in [0.2, 0.25) is 0 Å². The zero-order valence-corrected chi connectivity index (χ0v) is 76.7. The Hall–Kier alpha value is -8.16. The molecule has 0 aliphatic rings. The maximum atomic E-state index is 11.3. The van der Waals surface area contributed by atoms with Crippen LogP contribution in [0.5, 0.6) is 51.7 Å². The Morgan fingerprint density at radius 1 is 0.325 bits per heavy atom. The fraction of sp³-hybridized carbons (Fsp3) is 0.223. The second-order valence-corrected chi connectivity index (χ2v) is 30.3. The first-order chi connectivity index (χ1) is 55.6. The van der Waals surface area contributed by atoms with Crippen LogP contribution in [0.1, 0.15) is 147 Å². The molecule has 0 heterocycles. The van der Waals surface area contributed by atoms with Crippen molar-refractivity contribution in [3.05, 3.63) is 364 Å². The summed E-state index contributed by atoms with van der Waals surface area (Å²) < 4.78 is 112. The summed E-state index contributed by atoms with van der Waals surface area (Å²) in [6, 6.07) is 93.1. The number of benzene rings is 12. The molecule has 0 aliphatic heterocycles. The van der Waals surface area contributed by atoms with E-state index in [1.54, 1.807) is 42.5 Å². The van der Waals surface area contributed by atoms with Crippen LogP contribution >= 0.6 is 15.9 Å².